The van der Waals surface area contributed by atoms with Crippen molar-refractivity contribution < 1.29 is 18.7 Å². The van der Waals surface area contributed by atoms with E-state index in [2.05, 4.69) is 0 Å². The zero-order valence-corrected chi connectivity index (χ0v) is 9.12. The van der Waals surface area contributed by atoms with Crippen molar-refractivity contribution in [1.29, 1.82) is 0 Å². The number of carboxylic acid groups (broad SMARTS) is 1. The minimum absolute atomic E-state index is 0.456. The second-order valence-electron chi connectivity index (χ2n) is 5.03. The first-order chi connectivity index (χ1) is 7.97. The van der Waals surface area contributed by atoms with Crippen molar-refractivity contribution >= 4 is 5.97 Å². The molecule has 1 atom stereocenters. The average Bonchev–Trinajstić information content (AvgIpc) is 2.69. The van der Waals surface area contributed by atoms with Gasteiger partial charge in [-0.15, -0.1) is 0 Å². The maximum absolute atomic E-state index is 13.4. The third kappa shape index (κ3) is 1.27. The Balaban J connectivity index is 1.92. The fraction of sp³-hybridized carbons (Fsp3) is 0.462. The third-order valence-corrected chi connectivity index (χ3v) is 4.16. The molecule has 3 rings (SSSR count). The highest BCUT2D eigenvalue weighted by Crippen LogP contribution is 2.66. The van der Waals surface area contributed by atoms with Crippen LogP contribution in [-0.4, -0.2) is 17.0 Å². The van der Waals surface area contributed by atoms with Crippen molar-refractivity contribution in [2.75, 3.05) is 0 Å². The molecule has 2 nitrogen and oxygen atoms in total. The molecule has 4 heteroatoms. The van der Waals surface area contributed by atoms with E-state index in [1.807, 2.05) is 24.3 Å². The van der Waals surface area contributed by atoms with Gasteiger partial charge >= 0.3 is 5.97 Å². The number of benzene rings is 1. The van der Waals surface area contributed by atoms with Crippen LogP contribution in [0.5, 0.6) is 0 Å². The average molecular weight is 238 g/mol. The van der Waals surface area contributed by atoms with Crippen LogP contribution < -0.4 is 0 Å². The number of aliphatic carboxylic acids is 1. The van der Waals surface area contributed by atoms with Gasteiger partial charge in [-0.25, -0.2) is 8.78 Å². The molecule has 0 aliphatic heterocycles. The molecule has 2 aliphatic rings. The molecule has 1 N–H and O–H groups in total. The highest BCUT2D eigenvalue weighted by molar-refractivity contribution is 5.81. The highest BCUT2D eigenvalue weighted by Gasteiger charge is 2.79. The Morgan fingerprint density at radius 2 is 1.71 bits per heavy atom. The summed E-state index contributed by atoms with van der Waals surface area (Å²) in [6, 6.07) is 7.51. The lowest BCUT2D eigenvalue weighted by Crippen LogP contribution is -2.31. The monoisotopic (exact) mass is 238 g/mol. The number of carboxylic acids is 1. The summed E-state index contributed by atoms with van der Waals surface area (Å²) in [6.07, 6.45) is 0.407. The van der Waals surface area contributed by atoms with Gasteiger partial charge in [-0.1, -0.05) is 24.3 Å². The summed E-state index contributed by atoms with van der Waals surface area (Å²) < 4.78 is 26.8. The molecule has 0 heterocycles. The van der Waals surface area contributed by atoms with Crippen LogP contribution in [0.4, 0.5) is 8.78 Å². The molecule has 0 spiro atoms. The Morgan fingerprint density at radius 1 is 1.24 bits per heavy atom. The fourth-order valence-electron chi connectivity index (χ4n) is 3.06. The molecule has 1 aromatic carbocycles. The van der Waals surface area contributed by atoms with Gasteiger partial charge < -0.3 is 5.11 Å². The van der Waals surface area contributed by atoms with Crippen molar-refractivity contribution in [2.45, 2.75) is 25.2 Å². The number of hydrogen-bond acceptors (Lipinski definition) is 1. The van der Waals surface area contributed by atoms with E-state index < -0.39 is 29.6 Å². The summed E-state index contributed by atoms with van der Waals surface area (Å²) in [5.41, 5.74) is 0.216. The number of rotatable bonds is 2. The van der Waals surface area contributed by atoms with Crippen LogP contribution in [0.25, 0.3) is 0 Å². The van der Waals surface area contributed by atoms with Crippen LogP contribution in [0.2, 0.25) is 0 Å². The summed E-state index contributed by atoms with van der Waals surface area (Å²) >= 11 is 0. The van der Waals surface area contributed by atoms with Gasteiger partial charge in [0.25, 0.3) is 5.92 Å². The predicted molar refractivity (Wildman–Crippen MR) is 57.0 cm³/mol. The largest absolute Gasteiger partial charge is 0.481 e. The molecular formula is C13H12F2O2. The van der Waals surface area contributed by atoms with E-state index in [-0.39, 0.29) is 0 Å². The SMILES string of the molecule is O=C(O)C1(C2Cc3ccccc3C2)CC1(F)F. The molecule has 0 bridgehead atoms. The van der Waals surface area contributed by atoms with Crippen molar-refractivity contribution in [3.63, 3.8) is 0 Å². The molecule has 0 radical (unpaired) electrons. The standard InChI is InChI=1S/C13H12F2O2/c14-13(15)7-12(13,11(16)17)10-5-8-3-1-2-4-9(8)6-10/h1-4,10H,5-7H2,(H,16,17). The topological polar surface area (TPSA) is 37.3 Å². The van der Waals surface area contributed by atoms with Crippen LogP contribution in [0.1, 0.15) is 17.5 Å². The van der Waals surface area contributed by atoms with Crippen LogP contribution >= 0.6 is 0 Å². The summed E-state index contributed by atoms with van der Waals surface area (Å²) in [7, 11) is 0. The number of carbonyl (C=O) groups is 1. The van der Waals surface area contributed by atoms with Gasteiger partial charge in [-0.05, 0) is 29.9 Å². The van der Waals surface area contributed by atoms with Gasteiger partial charge in [0.15, 0.2) is 0 Å². The number of hydrogen-bond donors (Lipinski definition) is 1. The highest BCUT2D eigenvalue weighted by atomic mass is 19.3. The Morgan fingerprint density at radius 3 is 2.06 bits per heavy atom. The van der Waals surface area contributed by atoms with Crippen molar-refractivity contribution in [3.8, 4) is 0 Å². The van der Waals surface area contributed by atoms with Crippen molar-refractivity contribution in [2.24, 2.45) is 11.3 Å². The summed E-state index contributed by atoms with van der Waals surface area (Å²) in [5, 5.41) is 9.10. The van der Waals surface area contributed by atoms with Crippen LogP contribution in [0.3, 0.4) is 0 Å². The number of fused-ring (bicyclic) bond motifs is 1. The molecule has 1 saturated carbocycles. The molecule has 1 unspecified atom stereocenters. The van der Waals surface area contributed by atoms with Gasteiger partial charge in [0, 0.05) is 6.42 Å². The van der Waals surface area contributed by atoms with E-state index in [1.165, 1.54) is 0 Å². The lowest BCUT2D eigenvalue weighted by molar-refractivity contribution is -0.150. The minimum Gasteiger partial charge on any atom is -0.481 e. The first-order valence-electron chi connectivity index (χ1n) is 5.65. The summed E-state index contributed by atoms with van der Waals surface area (Å²) in [4.78, 5) is 11.2. The Kier molecular flexibility index (Phi) is 1.92. The lowest BCUT2D eigenvalue weighted by Gasteiger charge is -2.18. The fourth-order valence-corrected chi connectivity index (χ4v) is 3.06. The molecule has 0 amide bonds. The minimum atomic E-state index is -3.04. The lowest BCUT2D eigenvalue weighted by atomic mass is 9.86. The van der Waals surface area contributed by atoms with Gasteiger partial charge in [-0.2, -0.15) is 0 Å². The molecule has 1 aromatic rings. The van der Waals surface area contributed by atoms with Crippen molar-refractivity contribution in [1.82, 2.24) is 0 Å². The van der Waals surface area contributed by atoms with Crippen molar-refractivity contribution in [3.05, 3.63) is 35.4 Å². The van der Waals surface area contributed by atoms with E-state index in [0.717, 1.165) is 11.1 Å². The second kappa shape index (κ2) is 3.06. The number of halogens is 2. The molecule has 0 aromatic heterocycles. The zero-order valence-electron chi connectivity index (χ0n) is 9.12. The molecule has 90 valence electrons. The van der Waals surface area contributed by atoms with E-state index in [1.54, 1.807) is 0 Å². The van der Waals surface area contributed by atoms with Gasteiger partial charge in [-0.3, -0.25) is 4.79 Å². The normalized spacial score (nSPS) is 30.0. The molecule has 17 heavy (non-hydrogen) atoms. The molecule has 1 fully saturated rings. The Labute approximate surface area is 97.3 Å². The van der Waals surface area contributed by atoms with E-state index in [0.29, 0.717) is 12.8 Å². The Hall–Kier alpha value is -1.45. The van der Waals surface area contributed by atoms with Crippen LogP contribution in [0, 0.1) is 11.3 Å². The third-order valence-electron chi connectivity index (χ3n) is 4.16. The van der Waals surface area contributed by atoms with E-state index in [9.17, 15) is 13.6 Å². The maximum Gasteiger partial charge on any atom is 0.316 e. The predicted octanol–water partition coefficient (Wildman–Crippen LogP) is 2.51. The maximum atomic E-state index is 13.4. The molecular weight excluding hydrogens is 226 g/mol. The van der Waals surface area contributed by atoms with Gasteiger partial charge in [0.05, 0.1) is 0 Å². The van der Waals surface area contributed by atoms with E-state index in [4.69, 9.17) is 5.11 Å². The summed E-state index contributed by atoms with van der Waals surface area (Å²) in [5.74, 6) is -4.85. The molecule has 2 aliphatic carbocycles. The quantitative estimate of drug-likeness (QED) is 0.859. The summed E-state index contributed by atoms with van der Waals surface area (Å²) in [6.45, 7) is 0. The van der Waals surface area contributed by atoms with E-state index >= 15 is 0 Å². The first kappa shape index (κ1) is 10.7. The smallest absolute Gasteiger partial charge is 0.316 e. The first-order valence-corrected chi connectivity index (χ1v) is 5.65. The van der Waals surface area contributed by atoms with Crippen LogP contribution in [0.15, 0.2) is 24.3 Å². The number of alkyl halides is 2. The van der Waals surface area contributed by atoms with Crippen LogP contribution in [-0.2, 0) is 17.6 Å². The van der Waals surface area contributed by atoms with Gasteiger partial charge in [0.1, 0.15) is 5.41 Å². The van der Waals surface area contributed by atoms with Gasteiger partial charge in [0.2, 0.25) is 0 Å². The zero-order chi connectivity index (χ0) is 12.3. The second-order valence-corrected chi connectivity index (χ2v) is 5.03. The molecule has 0 saturated heterocycles. The Bertz CT molecular complexity index is 473.